The lowest BCUT2D eigenvalue weighted by Gasteiger charge is -2.16. The summed E-state index contributed by atoms with van der Waals surface area (Å²) in [6, 6.07) is 16.5. The summed E-state index contributed by atoms with van der Waals surface area (Å²) in [5, 5.41) is 0. The minimum atomic E-state index is 0.265. The largest absolute Gasteiger partial charge is 0.457 e. The van der Waals surface area contributed by atoms with E-state index >= 15 is 0 Å². The van der Waals surface area contributed by atoms with E-state index in [1.807, 2.05) is 36.4 Å². The molecule has 0 aliphatic rings. The highest BCUT2D eigenvalue weighted by molar-refractivity contribution is 5.38. The molecule has 0 aliphatic heterocycles. The predicted molar refractivity (Wildman–Crippen MR) is 88.8 cm³/mol. The van der Waals surface area contributed by atoms with E-state index in [-0.39, 0.29) is 6.04 Å². The van der Waals surface area contributed by atoms with Crippen LogP contribution in [0.25, 0.3) is 0 Å². The second kappa shape index (κ2) is 7.28. The quantitative estimate of drug-likeness (QED) is 0.833. The van der Waals surface area contributed by atoms with Gasteiger partial charge in [-0.1, -0.05) is 31.2 Å². The van der Waals surface area contributed by atoms with E-state index in [9.17, 15) is 0 Å². The molecule has 0 radical (unpaired) electrons. The molecule has 0 fully saturated rings. The maximum Gasteiger partial charge on any atom is 0.127 e. The van der Waals surface area contributed by atoms with Crippen LogP contribution in [0.3, 0.4) is 0 Å². The monoisotopic (exact) mass is 283 g/mol. The average molecular weight is 283 g/mol. The zero-order valence-electron chi connectivity index (χ0n) is 13.2. The van der Waals surface area contributed by atoms with Crippen molar-refractivity contribution >= 4 is 0 Å². The lowest BCUT2D eigenvalue weighted by atomic mass is 9.93. The SMILES string of the molecule is Cc1cc(Oc2ccccc2)ccc1CC(C)CC(C)N. The Morgan fingerprint density at radius 3 is 2.33 bits per heavy atom. The van der Waals surface area contributed by atoms with E-state index < -0.39 is 0 Å². The number of ether oxygens (including phenoxy) is 1. The van der Waals surface area contributed by atoms with Gasteiger partial charge in [-0.2, -0.15) is 0 Å². The van der Waals surface area contributed by atoms with Gasteiger partial charge in [0.25, 0.3) is 0 Å². The molecule has 0 aromatic heterocycles. The molecule has 0 heterocycles. The van der Waals surface area contributed by atoms with Gasteiger partial charge in [-0.3, -0.25) is 0 Å². The van der Waals surface area contributed by atoms with Crippen LogP contribution in [0.5, 0.6) is 11.5 Å². The van der Waals surface area contributed by atoms with Crippen molar-refractivity contribution in [3.8, 4) is 11.5 Å². The van der Waals surface area contributed by atoms with Gasteiger partial charge >= 0.3 is 0 Å². The lowest BCUT2D eigenvalue weighted by Crippen LogP contribution is -2.19. The molecule has 0 saturated heterocycles. The molecule has 2 atom stereocenters. The number of hydrogen-bond donors (Lipinski definition) is 1. The molecule has 0 saturated carbocycles. The summed E-state index contributed by atoms with van der Waals surface area (Å²) >= 11 is 0. The number of aryl methyl sites for hydroxylation is 1. The first-order valence-corrected chi connectivity index (χ1v) is 7.62. The summed E-state index contributed by atoms with van der Waals surface area (Å²) in [5.74, 6) is 2.36. The fraction of sp³-hybridized carbons (Fsp3) is 0.368. The molecular weight excluding hydrogens is 258 g/mol. The first kappa shape index (κ1) is 15.6. The summed E-state index contributed by atoms with van der Waals surface area (Å²) in [4.78, 5) is 0. The number of para-hydroxylation sites is 1. The Hall–Kier alpha value is -1.80. The predicted octanol–water partition coefficient (Wildman–Crippen LogP) is 4.70. The lowest BCUT2D eigenvalue weighted by molar-refractivity contribution is 0.473. The van der Waals surface area contributed by atoms with E-state index in [1.54, 1.807) is 0 Å². The van der Waals surface area contributed by atoms with Gasteiger partial charge in [-0.25, -0.2) is 0 Å². The van der Waals surface area contributed by atoms with Crippen LogP contribution in [0.4, 0.5) is 0 Å². The van der Waals surface area contributed by atoms with Gasteiger partial charge in [0.2, 0.25) is 0 Å². The highest BCUT2D eigenvalue weighted by Crippen LogP contribution is 2.25. The summed E-state index contributed by atoms with van der Waals surface area (Å²) in [5.41, 5.74) is 8.53. The first-order valence-electron chi connectivity index (χ1n) is 7.62. The van der Waals surface area contributed by atoms with Crippen LogP contribution in [0.2, 0.25) is 0 Å². The van der Waals surface area contributed by atoms with Crippen molar-refractivity contribution in [1.82, 2.24) is 0 Å². The third-order valence-corrected chi connectivity index (χ3v) is 3.64. The van der Waals surface area contributed by atoms with Gasteiger partial charge in [0.1, 0.15) is 11.5 Å². The average Bonchev–Trinajstić information content (AvgIpc) is 2.42. The zero-order valence-corrected chi connectivity index (χ0v) is 13.2. The van der Waals surface area contributed by atoms with E-state index in [0.717, 1.165) is 24.3 Å². The Morgan fingerprint density at radius 2 is 1.71 bits per heavy atom. The molecule has 0 spiro atoms. The molecule has 2 aromatic carbocycles. The Kier molecular flexibility index (Phi) is 5.40. The van der Waals surface area contributed by atoms with Crippen molar-refractivity contribution in [1.29, 1.82) is 0 Å². The van der Waals surface area contributed by atoms with Crippen molar-refractivity contribution in [3.05, 3.63) is 59.7 Å². The van der Waals surface area contributed by atoms with Crippen LogP contribution >= 0.6 is 0 Å². The molecule has 2 N–H and O–H groups in total. The summed E-state index contributed by atoms with van der Waals surface area (Å²) in [7, 11) is 0. The smallest absolute Gasteiger partial charge is 0.127 e. The first-order chi connectivity index (χ1) is 10.0. The van der Waals surface area contributed by atoms with Gasteiger partial charge in [0.15, 0.2) is 0 Å². The van der Waals surface area contributed by atoms with Crippen molar-refractivity contribution in [2.45, 2.75) is 39.7 Å². The standard InChI is InChI=1S/C19H25NO/c1-14(11-16(3)20)12-17-9-10-19(13-15(17)2)21-18-7-5-4-6-8-18/h4-10,13-14,16H,11-12,20H2,1-3H3. The minimum Gasteiger partial charge on any atom is -0.457 e. The molecule has 21 heavy (non-hydrogen) atoms. The van der Waals surface area contributed by atoms with Gasteiger partial charge in [0.05, 0.1) is 0 Å². The number of hydrogen-bond acceptors (Lipinski definition) is 2. The van der Waals surface area contributed by atoms with Crippen LogP contribution in [0.1, 0.15) is 31.4 Å². The molecule has 2 nitrogen and oxygen atoms in total. The van der Waals surface area contributed by atoms with Gasteiger partial charge in [-0.05, 0) is 68.0 Å². The minimum absolute atomic E-state index is 0.265. The van der Waals surface area contributed by atoms with E-state index in [2.05, 4.69) is 32.9 Å². The van der Waals surface area contributed by atoms with Crippen molar-refractivity contribution in [3.63, 3.8) is 0 Å². The second-order valence-corrected chi connectivity index (χ2v) is 6.03. The van der Waals surface area contributed by atoms with Crippen LogP contribution in [-0.2, 0) is 6.42 Å². The molecule has 0 amide bonds. The maximum absolute atomic E-state index is 5.88. The van der Waals surface area contributed by atoms with Crippen LogP contribution < -0.4 is 10.5 Å². The molecule has 2 unspecified atom stereocenters. The number of nitrogens with two attached hydrogens (primary N) is 1. The fourth-order valence-corrected chi connectivity index (χ4v) is 2.68. The van der Waals surface area contributed by atoms with Gasteiger partial charge in [0, 0.05) is 6.04 Å². The molecule has 2 heteroatoms. The summed E-state index contributed by atoms with van der Waals surface area (Å²) in [6.07, 6.45) is 2.13. The third-order valence-electron chi connectivity index (χ3n) is 3.64. The Morgan fingerprint density at radius 1 is 1.00 bits per heavy atom. The molecular formula is C19H25NO. The van der Waals surface area contributed by atoms with Crippen molar-refractivity contribution in [2.24, 2.45) is 11.7 Å². The molecule has 0 bridgehead atoms. The van der Waals surface area contributed by atoms with Gasteiger partial charge in [-0.15, -0.1) is 0 Å². The van der Waals surface area contributed by atoms with E-state index in [4.69, 9.17) is 10.5 Å². The third kappa shape index (κ3) is 4.91. The summed E-state index contributed by atoms with van der Waals surface area (Å²) < 4.78 is 5.86. The van der Waals surface area contributed by atoms with Gasteiger partial charge < -0.3 is 10.5 Å². The van der Waals surface area contributed by atoms with Crippen LogP contribution in [-0.4, -0.2) is 6.04 Å². The van der Waals surface area contributed by atoms with Crippen LogP contribution in [0, 0.1) is 12.8 Å². The van der Waals surface area contributed by atoms with Crippen LogP contribution in [0.15, 0.2) is 48.5 Å². The van der Waals surface area contributed by atoms with E-state index in [0.29, 0.717) is 5.92 Å². The topological polar surface area (TPSA) is 35.2 Å². The molecule has 112 valence electrons. The highest BCUT2D eigenvalue weighted by Gasteiger charge is 2.09. The fourth-order valence-electron chi connectivity index (χ4n) is 2.68. The molecule has 0 aliphatic carbocycles. The Labute approximate surface area is 127 Å². The maximum atomic E-state index is 5.88. The highest BCUT2D eigenvalue weighted by atomic mass is 16.5. The summed E-state index contributed by atoms with van der Waals surface area (Å²) in [6.45, 7) is 6.48. The molecule has 2 aromatic rings. The number of benzene rings is 2. The molecule has 2 rings (SSSR count). The van der Waals surface area contributed by atoms with Crippen molar-refractivity contribution in [2.75, 3.05) is 0 Å². The van der Waals surface area contributed by atoms with E-state index in [1.165, 1.54) is 11.1 Å². The number of rotatable bonds is 6. The zero-order chi connectivity index (χ0) is 15.2. The van der Waals surface area contributed by atoms with Crippen molar-refractivity contribution < 1.29 is 4.74 Å². The second-order valence-electron chi connectivity index (χ2n) is 6.03. The Balaban J connectivity index is 2.03. The normalized spacial score (nSPS) is 13.7. The Bertz CT molecular complexity index is 563.